The molecule has 2 aromatic carbocycles. The summed E-state index contributed by atoms with van der Waals surface area (Å²) in [5, 5.41) is 3.45. The standard InChI is InChI=1S/C26H34N4O2.HI/c1-3-27-26(30-15-16-32-24(19-30)23-8-5-4-7-20(23)2)28-17-21-10-12-22(13-11-21)18-29-14-6-9-25(29)31;/h4-5,7-8,10-13,24H,3,6,9,14-19H2,1-2H3,(H,27,28);1H. The van der Waals surface area contributed by atoms with E-state index in [0.717, 1.165) is 38.6 Å². The van der Waals surface area contributed by atoms with Crippen LogP contribution in [0.3, 0.4) is 0 Å². The number of amides is 1. The normalized spacial score (nSPS) is 18.9. The highest BCUT2D eigenvalue weighted by Crippen LogP contribution is 2.25. The molecule has 6 nitrogen and oxygen atoms in total. The fraction of sp³-hybridized carbons (Fsp3) is 0.462. The van der Waals surface area contributed by atoms with Crippen molar-refractivity contribution >= 4 is 35.8 Å². The first-order chi connectivity index (χ1) is 15.6. The maximum Gasteiger partial charge on any atom is 0.222 e. The first-order valence-electron chi connectivity index (χ1n) is 11.7. The van der Waals surface area contributed by atoms with Crippen LogP contribution in [0.4, 0.5) is 0 Å². The number of morpholine rings is 1. The minimum atomic E-state index is 0. The Hall–Kier alpha value is -2.13. The molecule has 0 aromatic heterocycles. The summed E-state index contributed by atoms with van der Waals surface area (Å²) in [6.07, 6.45) is 1.72. The van der Waals surface area contributed by atoms with Crippen molar-refractivity contribution in [2.45, 2.75) is 45.9 Å². The third kappa shape index (κ3) is 6.69. The van der Waals surface area contributed by atoms with Crippen LogP contribution in [0.1, 0.15) is 48.1 Å². The summed E-state index contributed by atoms with van der Waals surface area (Å²) in [5.74, 6) is 1.20. The highest BCUT2D eigenvalue weighted by Gasteiger charge is 2.25. The monoisotopic (exact) mass is 562 g/mol. The number of benzene rings is 2. The van der Waals surface area contributed by atoms with Gasteiger partial charge in [-0.1, -0.05) is 48.5 Å². The number of aryl methyl sites for hydroxylation is 1. The molecule has 2 aliphatic heterocycles. The number of hydrogen-bond acceptors (Lipinski definition) is 3. The van der Waals surface area contributed by atoms with E-state index in [9.17, 15) is 4.79 Å². The van der Waals surface area contributed by atoms with Gasteiger partial charge in [0.2, 0.25) is 5.91 Å². The van der Waals surface area contributed by atoms with Gasteiger partial charge in [0.1, 0.15) is 6.10 Å². The first kappa shape index (κ1) is 25.5. The minimum Gasteiger partial charge on any atom is -0.370 e. The van der Waals surface area contributed by atoms with Gasteiger partial charge in [0.15, 0.2) is 5.96 Å². The summed E-state index contributed by atoms with van der Waals surface area (Å²) in [7, 11) is 0. The summed E-state index contributed by atoms with van der Waals surface area (Å²) in [6.45, 7) is 9.58. The average molecular weight is 562 g/mol. The van der Waals surface area contributed by atoms with Crippen LogP contribution in [-0.4, -0.2) is 54.5 Å². The summed E-state index contributed by atoms with van der Waals surface area (Å²) >= 11 is 0. The Morgan fingerprint density at radius 2 is 1.88 bits per heavy atom. The van der Waals surface area contributed by atoms with E-state index >= 15 is 0 Å². The third-order valence-electron chi connectivity index (χ3n) is 6.22. The number of guanidine groups is 1. The van der Waals surface area contributed by atoms with E-state index in [1.807, 2.05) is 4.90 Å². The van der Waals surface area contributed by atoms with Crippen LogP contribution >= 0.6 is 24.0 Å². The molecule has 178 valence electrons. The highest BCUT2D eigenvalue weighted by molar-refractivity contribution is 14.0. The fourth-order valence-corrected chi connectivity index (χ4v) is 4.41. The van der Waals surface area contributed by atoms with Gasteiger partial charge in [-0.05, 0) is 42.5 Å². The largest absolute Gasteiger partial charge is 0.370 e. The van der Waals surface area contributed by atoms with Crippen molar-refractivity contribution in [3.8, 4) is 0 Å². The number of rotatable bonds is 6. The van der Waals surface area contributed by atoms with E-state index in [2.05, 4.69) is 72.6 Å². The molecule has 0 bridgehead atoms. The quantitative estimate of drug-likeness (QED) is 0.325. The molecule has 1 atom stereocenters. The van der Waals surface area contributed by atoms with Crippen molar-refractivity contribution in [2.24, 2.45) is 4.99 Å². The lowest BCUT2D eigenvalue weighted by Crippen LogP contribution is -2.48. The van der Waals surface area contributed by atoms with Crippen molar-refractivity contribution in [1.82, 2.24) is 15.1 Å². The number of likely N-dealkylation sites (tertiary alicyclic amines) is 1. The molecule has 2 fully saturated rings. The lowest BCUT2D eigenvalue weighted by Gasteiger charge is -2.35. The molecule has 2 aromatic rings. The Bertz CT molecular complexity index is 948. The highest BCUT2D eigenvalue weighted by atomic mass is 127. The van der Waals surface area contributed by atoms with Crippen LogP contribution < -0.4 is 5.32 Å². The van der Waals surface area contributed by atoms with Gasteiger partial charge in [0, 0.05) is 32.6 Å². The van der Waals surface area contributed by atoms with Gasteiger partial charge < -0.3 is 19.9 Å². The van der Waals surface area contributed by atoms with E-state index in [1.54, 1.807) is 0 Å². The van der Waals surface area contributed by atoms with Gasteiger partial charge in [-0.2, -0.15) is 0 Å². The number of hydrogen-bond donors (Lipinski definition) is 1. The Kier molecular flexibility index (Phi) is 9.55. The molecule has 1 unspecified atom stereocenters. The van der Waals surface area contributed by atoms with Crippen LogP contribution in [-0.2, 0) is 22.6 Å². The molecule has 0 saturated carbocycles. The fourth-order valence-electron chi connectivity index (χ4n) is 4.41. The van der Waals surface area contributed by atoms with Crippen molar-refractivity contribution in [3.63, 3.8) is 0 Å². The van der Waals surface area contributed by atoms with Crippen molar-refractivity contribution in [1.29, 1.82) is 0 Å². The molecule has 0 aliphatic carbocycles. The molecule has 2 heterocycles. The molecule has 4 rings (SSSR count). The van der Waals surface area contributed by atoms with Crippen LogP contribution in [0.15, 0.2) is 53.5 Å². The van der Waals surface area contributed by atoms with Crippen molar-refractivity contribution in [2.75, 3.05) is 32.8 Å². The van der Waals surface area contributed by atoms with Gasteiger partial charge in [-0.15, -0.1) is 24.0 Å². The average Bonchev–Trinajstić information content (AvgIpc) is 3.22. The lowest BCUT2D eigenvalue weighted by molar-refractivity contribution is -0.128. The maximum absolute atomic E-state index is 11.9. The molecule has 1 N–H and O–H groups in total. The zero-order valence-corrected chi connectivity index (χ0v) is 22.0. The second kappa shape index (κ2) is 12.4. The second-order valence-electron chi connectivity index (χ2n) is 8.57. The molecule has 0 radical (unpaired) electrons. The second-order valence-corrected chi connectivity index (χ2v) is 8.57. The van der Waals surface area contributed by atoms with E-state index in [1.165, 1.54) is 22.3 Å². The predicted molar refractivity (Wildman–Crippen MR) is 143 cm³/mol. The molecule has 33 heavy (non-hydrogen) atoms. The summed E-state index contributed by atoms with van der Waals surface area (Å²) in [6, 6.07) is 16.9. The minimum absolute atomic E-state index is 0. The SMILES string of the molecule is CCNC(=NCc1ccc(CN2CCCC2=O)cc1)N1CCOC(c2ccccc2C)C1.I. The Morgan fingerprint density at radius 3 is 2.58 bits per heavy atom. The Morgan fingerprint density at radius 1 is 1.12 bits per heavy atom. The van der Waals surface area contributed by atoms with E-state index in [4.69, 9.17) is 9.73 Å². The summed E-state index contributed by atoms with van der Waals surface area (Å²) in [5.41, 5.74) is 4.85. The van der Waals surface area contributed by atoms with Gasteiger partial charge in [-0.3, -0.25) is 4.79 Å². The molecular weight excluding hydrogens is 527 g/mol. The van der Waals surface area contributed by atoms with Crippen LogP contribution in [0.25, 0.3) is 0 Å². The van der Waals surface area contributed by atoms with E-state index in [-0.39, 0.29) is 36.0 Å². The summed E-state index contributed by atoms with van der Waals surface area (Å²) in [4.78, 5) is 21.0. The number of ether oxygens (including phenoxy) is 1. The molecule has 2 aliphatic rings. The number of nitrogens with zero attached hydrogens (tertiary/aromatic N) is 3. The summed E-state index contributed by atoms with van der Waals surface area (Å²) < 4.78 is 6.09. The number of carbonyl (C=O) groups is 1. The molecule has 7 heteroatoms. The van der Waals surface area contributed by atoms with E-state index in [0.29, 0.717) is 26.1 Å². The number of aliphatic imine (C=N–C) groups is 1. The zero-order valence-electron chi connectivity index (χ0n) is 19.6. The van der Waals surface area contributed by atoms with Crippen LogP contribution in [0, 0.1) is 6.92 Å². The number of carbonyl (C=O) groups excluding carboxylic acids is 1. The number of halogens is 1. The Balaban J connectivity index is 0.00000306. The van der Waals surface area contributed by atoms with Crippen LogP contribution in [0.2, 0.25) is 0 Å². The third-order valence-corrected chi connectivity index (χ3v) is 6.22. The van der Waals surface area contributed by atoms with Crippen LogP contribution in [0.5, 0.6) is 0 Å². The van der Waals surface area contributed by atoms with Gasteiger partial charge in [-0.25, -0.2) is 4.99 Å². The first-order valence-corrected chi connectivity index (χ1v) is 11.7. The number of nitrogens with one attached hydrogen (secondary N) is 1. The van der Waals surface area contributed by atoms with E-state index < -0.39 is 0 Å². The van der Waals surface area contributed by atoms with Crippen molar-refractivity contribution < 1.29 is 9.53 Å². The van der Waals surface area contributed by atoms with Gasteiger partial charge in [0.25, 0.3) is 0 Å². The maximum atomic E-state index is 11.9. The molecular formula is C26H35IN4O2. The smallest absolute Gasteiger partial charge is 0.222 e. The molecule has 2 saturated heterocycles. The van der Waals surface area contributed by atoms with Gasteiger partial charge in [0.05, 0.1) is 19.7 Å². The van der Waals surface area contributed by atoms with Crippen molar-refractivity contribution in [3.05, 3.63) is 70.8 Å². The topological polar surface area (TPSA) is 57.2 Å². The predicted octanol–water partition coefficient (Wildman–Crippen LogP) is 4.27. The van der Waals surface area contributed by atoms with Gasteiger partial charge >= 0.3 is 0 Å². The Labute approximate surface area is 214 Å². The lowest BCUT2D eigenvalue weighted by atomic mass is 10.0. The zero-order chi connectivity index (χ0) is 22.3. The molecule has 1 amide bonds. The molecule has 0 spiro atoms.